The Morgan fingerprint density at radius 1 is 1.33 bits per heavy atom. The molecule has 1 aromatic rings. The van der Waals surface area contributed by atoms with Crippen LogP contribution in [0.3, 0.4) is 0 Å². The average Bonchev–Trinajstić information content (AvgIpc) is 2.56. The normalized spacial score (nSPS) is 14.5. The van der Waals surface area contributed by atoms with E-state index in [2.05, 4.69) is 10.6 Å². The van der Waals surface area contributed by atoms with Crippen molar-refractivity contribution < 1.29 is 23.5 Å². The predicted octanol–water partition coefficient (Wildman–Crippen LogP) is 0.408. The lowest BCUT2D eigenvalue weighted by Gasteiger charge is -2.21. The largest absolute Gasteiger partial charge is 0.467 e. The minimum atomic E-state index is -0.665. The molecule has 8 heteroatoms. The highest BCUT2D eigenvalue weighted by atomic mass is 19.1. The highest BCUT2D eigenvalue weighted by Crippen LogP contribution is 2.29. The first kappa shape index (κ1) is 18.2. The number of amides is 2. The summed E-state index contributed by atoms with van der Waals surface area (Å²) in [5.41, 5.74) is 6.81. The molecule has 24 heavy (non-hydrogen) atoms. The fourth-order valence-corrected chi connectivity index (χ4v) is 2.23. The maximum absolute atomic E-state index is 13.6. The summed E-state index contributed by atoms with van der Waals surface area (Å²) in [5.74, 6) is -0.712. The Kier molecular flexibility index (Phi) is 6.10. The maximum Gasteiger partial charge on any atom is 0.239 e. The van der Waals surface area contributed by atoms with Crippen molar-refractivity contribution in [1.29, 1.82) is 0 Å². The molecule has 0 radical (unpaired) electrons. The quantitative estimate of drug-likeness (QED) is 0.696. The summed E-state index contributed by atoms with van der Waals surface area (Å²) in [6.07, 6.45) is 0. The zero-order chi connectivity index (χ0) is 17.7. The van der Waals surface area contributed by atoms with E-state index >= 15 is 0 Å². The molecule has 0 aliphatic carbocycles. The standard InChI is InChI=1S/C16H22FN3O4/c1-9(2)14(18)16(22)20-6-13(21)19-5-10-3-12(17)4-11-7-23-8-24-15(10)11/h3-4,9,14H,5-8,18H2,1-2H3,(H,19,21)(H,20,22)/t14-/m0/s1. The molecule has 1 atom stereocenters. The van der Waals surface area contributed by atoms with E-state index in [1.807, 2.05) is 13.8 Å². The minimum Gasteiger partial charge on any atom is -0.467 e. The van der Waals surface area contributed by atoms with Gasteiger partial charge in [-0.1, -0.05) is 13.8 Å². The predicted molar refractivity (Wildman–Crippen MR) is 84.4 cm³/mol. The van der Waals surface area contributed by atoms with Crippen molar-refractivity contribution in [2.75, 3.05) is 13.3 Å². The number of hydrogen-bond acceptors (Lipinski definition) is 5. The molecule has 132 valence electrons. The number of nitrogens with two attached hydrogens (primary N) is 1. The van der Waals surface area contributed by atoms with Crippen LogP contribution in [0.2, 0.25) is 0 Å². The monoisotopic (exact) mass is 339 g/mol. The Labute approximate surface area is 139 Å². The summed E-state index contributed by atoms with van der Waals surface area (Å²) in [4.78, 5) is 23.5. The van der Waals surface area contributed by atoms with Crippen molar-refractivity contribution in [2.45, 2.75) is 33.0 Å². The molecule has 0 aromatic heterocycles. The SMILES string of the molecule is CC(C)[C@H](N)C(=O)NCC(=O)NCc1cc(F)cc2c1OCOC2. The molecule has 1 aliphatic heterocycles. The molecular weight excluding hydrogens is 317 g/mol. The lowest BCUT2D eigenvalue weighted by atomic mass is 10.1. The topological polar surface area (TPSA) is 103 Å². The van der Waals surface area contributed by atoms with Gasteiger partial charge in [-0.05, 0) is 18.1 Å². The van der Waals surface area contributed by atoms with Crippen molar-refractivity contribution in [3.05, 3.63) is 29.1 Å². The molecular formula is C16H22FN3O4. The van der Waals surface area contributed by atoms with E-state index in [-0.39, 0.29) is 38.3 Å². The summed E-state index contributed by atoms with van der Waals surface area (Å²) in [6, 6.07) is 1.98. The summed E-state index contributed by atoms with van der Waals surface area (Å²) < 4.78 is 24.1. The molecule has 0 bridgehead atoms. The van der Waals surface area contributed by atoms with Gasteiger partial charge in [0.1, 0.15) is 11.6 Å². The molecule has 1 aromatic carbocycles. The smallest absolute Gasteiger partial charge is 0.239 e. The third kappa shape index (κ3) is 4.65. The fraction of sp³-hybridized carbons (Fsp3) is 0.500. The van der Waals surface area contributed by atoms with Crippen molar-refractivity contribution in [1.82, 2.24) is 10.6 Å². The maximum atomic E-state index is 13.6. The third-order valence-corrected chi connectivity index (χ3v) is 3.67. The fourth-order valence-electron chi connectivity index (χ4n) is 2.23. The lowest BCUT2D eigenvalue weighted by molar-refractivity contribution is -0.127. The number of carbonyl (C=O) groups excluding carboxylic acids is 2. The minimum absolute atomic E-state index is 0.0220. The van der Waals surface area contributed by atoms with Gasteiger partial charge >= 0.3 is 0 Å². The van der Waals surface area contributed by atoms with Crippen LogP contribution < -0.4 is 21.1 Å². The Balaban J connectivity index is 1.88. The number of nitrogens with one attached hydrogen (secondary N) is 2. The number of hydrogen-bond donors (Lipinski definition) is 3. The molecule has 1 heterocycles. The Morgan fingerprint density at radius 2 is 2.08 bits per heavy atom. The zero-order valence-corrected chi connectivity index (χ0v) is 13.7. The first-order chi connectivity index (χ1) is 11.4. The van der Waals surface area contributed by atoms with Gasteiger partial charge in [-0.2, -0.15) is 0 Å². The molecule has 2 rings (SSSR count). The first-order valence-electron chi connectivity index (χ1n) is 7.70. The number of carbonyl (C=O) groups is 2. The van der Waals surface area contributed by atoms with Crippen LogP contribution in [-0.4, -0.2) is 31.2 Å². The van der Waals surface area contributed by atoms with Crippen molar-refractivity contribution >= 4 is 11.8 Å². The van der Waals surface area contributed by atoms with E-state index in [1.165, 1.54) is 12.1 Å². The van der Waals surface area contributed by atoms with E-state index < -0.39 is 17.8 Å². The average molecular weight is 339 g/mol. The second-order valence-electron chi connectivity index (χ2n) is 5.93. The highest BCUT2D eigenvalue weighted by molar-refractivity contribution is 5.87. The van der Waals surface area contributed by atoms with Crippen molar-refractivity contribution in [2.24, 2.45) is 11.7 Å². The second kappa shape index (κ2) is 8.07. The zero-order valence-electron chi connectivity index (χ0n) is 13.7. The molecule has 4 N–H and O–H groups in total. The van der Waals surface area contributed by atoms with E-state index in [9.17, 15) is 14.0 Å². The molecule has 0 spiro atoms. The molecule has 2 amide bonds. The number of fused-ring (bicyclic) bond motifs is 1. The number of halogens is 1. The Morgan fingerprint density at radius 3 is 2.79 bits per heavy atom. The van der Waals surface area contributed by atoms with Gasteiger partial charge in [0, 0.05) is 17.7 Å². The molecule has 0 saturated heterocycles. The number of ether oxygens (including phenoxy) is 2. The van der Waals surface area contributed by atoms with Gasteiger partial charge in [0.25, 0.3) is 0 Å². The lowest BCUT2D eigenvalue weighted by Crippen LogP contribution is -2.47. The molecule has 1 aliphatic rings. The van der Waals surface area contributed by atoms with Gasteiger partial charge < -0.3 is 25.8 Å². The number of rotatable bonds is 6. The van der Waals surface area contributed by atoms with Crippen LogP contribution in [0.1, 0.15) is 25.0 Å². The van der Waals surface area contributed by atoms with Crippen LogP contribution in [0.5, 0.6) is 5.75 Å². The van der Waals surface area contributed by atoms with Crippen LogP contribution in [0.25, 0.3) is 0 Å². The van der Waals surface area contributed by atoms with Crippen LogP contribution in [-0.2, 0) is 27.5 Å². The van der Waals surface area contributed by atoms with Crippen LogP contribution in [0, 0.1) is 11.7 Å². The van der Waals surface area contributed by atoms with Gasteiger partial charge in [-0.15, -0.1) is 0 Å². The number of benzene rings is 1. The highest BCUT2D eigenvalue weighted by Gasteiger charge is 2.19. The second-order valence-corrected chi connectivity index (χ2v) is 5.93. The van der Waals surface area contributed by atoms with Gasteiger partial charge in [0.2, 0.25) is 11.8 Å². The van der Waals surface area contributed by atoms with Crippen molar-refractivity contribution in [3.8, 4) is 5.75 Å². The first-order valence-corrected chi connectivity index (χ1v) is 7.70. The molecule has 7 nitrogen and oxygen atoms in total. The van der Waals surface area contributed by atoms with E-state index in [0.29, 0.717) is 16.9 Å². The molecule has 0 unspecified atom stereocenters. The van der Waals surface area contributed by atoms with Gasteiger partial charge in [0.05, 0.1) is 19.2 Å². The van der Waals surface area contributed by atoms with Crippen LogP contribution in [0.15, 0.2) is 12.1 Å². The van der Waals surface area contributed by atoms with E-state index in [1.54, 1.807) is 0 Å². The summed E-state index contributed by atoms with van der Waals surface area (Å²) in [6.45, 7) is 3.88. The van der Waals surface area contributed by atoms with Gasteiger partial charge in [-0.25, -0.2) is 4.39 Å². The van der Waals surface area contributed by atoms with E-state index in [4.69, 9.17) is 15.2 Å². The van der Waals surface area contributed by atoms with E-state index in [0.717, 1.165) is 0 Å². The summed E-state index contributed by atoms with van der Waals surface area (Å²) in [5, 5.41) is 5.09. The van der Waals surface area contributed by atoms with Crippen LogP contribution >= 0.6 is 0 Å². The molecule has 0 saturated carbocycles. The summed E-state index contributed by atoms with van der Waals surface area (Å²) in [7, 11) is 0. The van der Waals surface area contributed by atoms with Gasteiger partial charge in [-0.3, -0.25) is 9.59 Å². The third-order valence-electron chi connectivity index (χ3n) is 3.67. The summed E-state index contributed by atoms with van der Waals surface area (Å²) >= 11 is 0. The Bertz CT molecular complexity index is 622. The Hall–Kier alpha value is -2.19. The van der Waals surface area contributed by atoms with Gasteiger partial charge in [0.15, 0.2) is 6.79 Å². The van der Waals surface area contributed by atoms with Crippen molar-refractivity contribution in [3.63, 3.8) is 0 Å². The molecule has 0 fully saturated rings. The van der Waals surface area contributed by atoms with Crippen LogP contribution in [0.4, 0.5) is 4.39 Å².